The SMILES string of the molecule is CC(=O)NCCC(C)(C)C.CC(C)(C)C.COCCCC(C)(C)C.COCCOC(C)(C)C. The van der Waals surface area contributed by atoms with E-state index in [0.29, 0.717) is 29.5 Å². The third kappa shape index (κ3) is 80.2. The van der Waals surface area contributed by atoms with Crippen molar-refractivity contribution in [2.45, 2.75) is 122 Å². The second-order valence-electron chi connectivity index (χ2n) is 13.4. The second-order valence-corrected chi connectivity index (χ2v) is 13.4. The van der Waals surface area contributed by atoms with E-state index in [9.17, 15) is 4.79 Å². The average molecular weight is 478 g/mol. The van der Waals surface area contributed by atoms with Crippen LogP contribution in [0.5, 0.6) is 0 Å². The lowest BCUT2D eigenvalue weighted by Gasteiger charge is -2.18. The highest BCUT2D eigenvalue weighted by Gasteiger charge is 2.09. The van der Waals surface area contributed by atoms with Gasteiger partial charge < -0.3 is 19.5 Å². The first-order chi connectivity index (χ1) is 14.5. The van der Waals surface area contributed by atoms with Gasteiger partial charge >= 0.3 is 0 Å². The van der Waals surface area contributed by atoms with Crippen LogP contribution in [0.1, 0.15) is 116 Å². The molecule has 0 saturated carbocycles. The number of rotatable bonds is 8. The van der Waals surface area contributed by atoms with Gasteiger partial charge in [0.15, 0.2) is 0 Å². The van der Waals surface area contributed by atoms with E-state index in [1.807, 2.05) is 20.8 Å². The number of ether oxygens (including phenoxy) is 3. The minimum absolute atomic E-state index is 0.0292. The molecule has 33 heavy (non-hydrogen) atoms. The Labute approximate surface area is 209 Å². The zero-order chi connectivity index (χ0) is 27.4. The molecule has 0 saturated heterocycles. The first-order valence-corrected chi connectivity index (χ1v) is 12.4. The number of hydrogen-bond donors (Lipinski definition) is 1. The molecule has 0 radical (unpaired) electrons. The lowest BCUT2D eigenvalue weighted by molar-refractivity contribution is -0.119. The van der Waals surface area contributed by atoms with Crippen molar-refractivity contribution in [2.75, 3.05) is 40.6 Å². The van der Waals surface area contributed by atoms with E-state index in [1.165, 1.54) is 12.8 Å². The molecule has 0 bridgehead atoms. The van der Waals surface area contributed by atoms with Gasteiger partial charge in [0.25, 0.3) is 0 Å². The van der Waals surface area contributed by atoms with Crippen molar-refractivity contribution in [3.8, 4) is 0 Å². The van der Waals surface area contributed by atoms with Crippen LogP contribution in [0.3, 0.4) is 0 Å². The maximum Gasteiger partial charge on any atom is 0.216 e. The molecule has 0 aliphatic carbocycles. The smallest absolute Gasteiger partial charge is 0.216 e. The molecule has 0 aromatic carbocycles. The van der Waals surface area contributed by atoms with E-state index in [1.54, 1.807) is 21.1 Å². The topological polar surface area (TPSA) is 56.8 Å². The van der Waals surface area contributed by atoms with Gasteiger partial charge in [-0.3, -0.25) is 4.79 Å². The minimum Gasteiger partial charge on any atom is -0.385 e. The molecule has 204 valence electrons. The highest BCUT2D eigenvalue weighted by Crippen LogP contribution is 2.20. The van der Waals surface area contributed by atoms with Crippen LogP contribution >= 0.6 is 0 Å². The summed E-state index contributed by atoms with van der Waals surface area (Å²) in [4.78, 5) is 10.4. The third-order valence-electron chi connectivity index (χ3n) is 3.35. The summed E-state index contributed by atoms with van der Waals surface area (Å²) in [7, 11) is 3.43. The third-order valence-corrected chi connectivity index (χ3v) is 3.35. The largest absolute Gasteiger partial charge is 0.385 e. The van der Waals surface area contributed by atoms with E-state index < -0.39 is 0 Å². The molecule has 0 aromatic heterocycles. The highest BCUT2D eigenvalue weighted by molar-refractivity contribution is 5.72. The zero-order valence-electron chi connectivity index (χ0n) is 25.6. The number of carbonyl (C=O) groups excluding carboxylic acids is 1. The summed E-state index contributed by atoms with van der Waals surface area (Å²) in [6, 6.07) is 0. The molecule has 1 N–H and O–H groups in total. The van der Waals surface area contributed by atoms with Crippen LogP contribution in [0.15, 0.2) is 0 Å². The van der Waals surface area contributed by atoms with Crippen LogP contribution in [-0.4, -0.2) is 52.1 Å². The van der Waals surface area contributed by atoms with Gasteiger partial charge in [0.1, 0.15) is 0 Å². The number of carbonyl (C=O) groups is 1. The second kappa shape index (κ2) is 20.7. The minimum atomic E-state index is -0.0292. The maximum atomic E-state index is 10.4. The zero-order valence-corrected chi connectivity index (χ0v) is 25.6. The van der Waals surface area contributed by atoms with Crippen molar-refractivity contribution < 1.29 is 19.0 Å². The molecule has 0 rings (SSSR count). The fourth-order valence-electron chi connectivity index (χ4n) is 1.79. The van der Waals surface area contributed by atoms with Gasteiger partial charge in [0, 0.05) is 34.3 Å². The Kier molecular flexibility index (Phi) is 24.8. The molecule has 0 fully saturated rings. The van der Waals surface area contributed by atoms with Gasteiger partial charge in [-0.2, -0.15) is 0 Å². The summed E-state index contributed by atoms with van der Waals surface area (Å²) in [5.74, 6) is 0.0595. The van der Waals surface area contributed by atoms with Crippen molar-refractivity contribution >= 4 is 5.91 Å². The Morgan fingerprint density at radius 2 is 1.06 bits per heavy atom. The Hall–Kier alpha value is -0.650. The number of amides is 1. The molecular weight excluding hydrogens is 414 g/mol. The number of hydrogen-bond acceptors (Lipinski definition) is 4. The molecular formula is C28H63NO4. The molecule has 0 atom stereocenters. The number of nitrogens with one attached hydrogen (secondary N) is 1. The normalized spacial score (nSPS) is 11.8. The fourth-order valence-corrected chi connectivity index (χ4v) is 1.79. The quantitative estimate of drug-likeness (QED) is 0.367. The lowest BCUT2D eigenvalue weighted by atomic mass is 9.91. The summed E-state index contributed by atoms with van der Waals surface area (Å²) in [6.45, 7) is 32.7. The van der Waals surface area contributed by atoms with Gasteiger partial charge in [-0.05, 0) is 56.3 Å². The molecule has 0 aliphatic heterocycles. The van der Waals surface area contributed by atoms with Crippen LogP contribution in [0.4, 0.5) is 0 Å². The van der Waals surface area contributed by atoms with Gasteiger partial charge in [-0.25, -0.2) is 0 Å². The molecule has 5 heteroatoms. The van der Waals surface area contributed by atoms with Crippen LogP contribution in [0.2, 0.25) is 0 Å². The number of methoxy groups -OCH3 is 2. The van der Waals surface area contributed by atoms with E-state index in [-0.39, 0.29) is 11.5 Å². The van der Waals surface area contributed by atoms with Crippen LogP contribution in [0.25, 0.3) is 0 Å². The van der Waals surface area contributed by atoms with Crippen molar-refractivity contribution in [1.82, 2.24) is 5.32 Å². The van der Waals surface area contributed by atoms with E-state index in [0.717, 1.165) is 19.6 Å². The highest BCUT2D eigenvalue weighted by atomic mass is 16.5. The summed E-state index contributed by atoms with van der Waals surface area (Å²) in [6.07, 6.45) is 3.47. The molecule has 1 amide bonds. The molecule has 0 spiro atoms. The standard InChI is InChI=1S/C8H17NO.C8H18O.C7H16O2.C5H12/c1-7(10)9-6-5-8(2,3)4;1-8(2,3)6-5-7-9-4;1-7(2,3)9-6-5-8-4;1-5(2,3)4/h5-6H2,1-4H3,(H,9,10);5-7H2,1-4H3;5-6H2,1-4H3;1-4H3. The predicted octanol–water partition coefficient (Wildman–Crippen LogP) is 7.52. The molecule has 0 aliphatic rings. The van der Waals surface area contributed by atoms with Gasteiger partial charge in [0.2, 0.25) is 5.91 Å². The lowest BCUT2D eigenvalue weighted by Crippen LogP contribution is -2.24. The molecule has 0 unspecified atom stereocenters. The van der Waals surface area contributed by atoms with Crippen molar-refractivity contribution in [1.29, 1.82) is 0 Å². The van der Waals surface area contributed by atoms with Crippen LogP contribution < -0.4 is 5.32 Å². The van der Waals surface area contributed by atoms with Crippen molar-refractivity contribution in [3.05, 3.63) is 0 Å². The summed E-state index contributed by atoms with van der Waals surface area (Å²) < 4.78 is 15.1. The van der Waals surface area contributed by atoms with Crippen molar-refractivity contribution in [2.24, 2.45) is 16.2 Å². The maximum absolute atomic E-state index is 10.4. The molecule has 0 aromatic rings. The first kappa shape index (κ1) is 39.6. The van der Waals surface area contributed by atoms with Crippen LogP contribution in [-0.2, 0) is 19.0 Å². The predicted molar refractivity (Wildman–Crippen MR) is 146 cm³/mol. The van der Waals surface area contributed by atoms with E-state index in [2.05, 4.69) is 74.6 Å². The summed E-state index contributed by atoms with van der Waals surface area (Å²) >= 11 is 0. The molecule has 0 heterocycles. The molecule has 5 nitrogen and oxygen atoms in total. The summed E-state index contributed by atoms with van der Waals surface area (Å²) in [5.41, 5.74) is 1.26. The Balaban J connectivity index is -0.000000174. The Morgan fingerprint density at radius 3 is 1.33 bits per heavy atom. The average Bonchev–Trinajstić information content (AvgIpc) is 2.51. The van der Waals surface area contributed by atoms with Gasteiger partial charge in [-0.15, -0.1) is 0 Å². The van der Waals surface area contributed by atoms with Crippen LogP contribution in [0, 0.1) is 16.2 Å². The summed E-state index contributed by atoms with van der Waals surface area (Å²) in [5, 5.41) is 2.76. The van der Waals surface area contributed by atoms with Gasteiger partial charge in [-0.1, -0.05) is 69.2 Å². The van der Waals surface area contributed by atoms with E-state index >= 15 is 0 Å². The fraction of sp³-hybridized carbons (Fsp3) is 0.964. The van der Waals surface area contributed by atoms with E-state index in [4.69, 9.17) is 14.2 Å². The van der Waals surface area contributed by atoms with Crippen molar-refractivity contribution in [3.63, 3.8) is 0 Å². The first-order valence-electron chi connectivity index (χ1n) is 12.4. The Bertz CT molecular complexity index is 395. The monoisotopic (exact) mass is 477 g/mol. The Morgan fingerprint density at radius 1 is 0.667 bits per heavy atom. The van der Waals surface area contributed by atoms with Gasteiger partial charge in [0.05, 0.1) is 18.8 Å².